The summed E-state index contributed by atoms with van der Waals surface area (Å²) in [6, 6.07) is 12.8. The summed E-state index contributed by atoms with van der Waals surface area (Å²) in [5.74, 6) is -0.164. The Hall–Kier alpha value is -2.40. The van der Waals surface area contributed by atoms with Crippen LogP contribution < -0.4 is 0 Å². The zero-order valence-corrected chi connectivity index (χ0v) is 18.1. The molecule has 1 aliphatic rings. The number of thiazole rings is 1. The van der Waals surface area contributed by atoms with Crippen molar-refractivity contribution >= 4 is 17.3 Å². The standard InChI is InChI=1S/C24H28N2O2S/c1-4-24(2,3)18-10-11-20-17(12-18)13-21(16-8-6-5-7-9-16)26(20)23-25-19(15-29-23)14-22(27)28/h5-9,13,15,18H,4,10-12,14H2,1-3H3,(H,27,28). The van der Waals surface area contributed by atoms with E-state index in [4.69, 9.17) is 5.11 Å². The Bertz CT molecular complexity index is 1020. The number of rotatable bonds is 6. The molecule has 29 heavy (non-hydrogen) atoms. The number of aliphatic carboxylic acids is 1. The number of fused-ring (bicyclic) bond motifs is 1. The fraction of sp³-hybridized carbons (Fsp3) is 0.417. The highest BCUT2D eigenvalue weighted by Gasteiger charge is 2.33. The second-order valence-electron chi connectivity index (χ2n) is 8.68. The van der Waals surface area contributed by atoms with Crippen molar-refractivity contribution in [1.82, 2.24) is 9.55 Å². The molecule has 2 heterocycles. The van der Waals surface area contributed by atoms with Gasteiger partial charge in [0, 0.05) is 11.1 Å². The maximum atomic E-state index is 11.1. The summed E-state index contributed by atoms with van der Waals surface area (Å²) in [4.78, 5) is 15.8. The molecule has 0 spiro atoms. The highest BCUT2D eigenvalue weighted by atomic mass is 32.1. The Morgan fingerprint density at radius 1 is 1.31 bits per heavy atom. The van der Waals surface area contributed by atoms with Gasteiger partial charge in [-0.15, -0.1) is 11.3 Å². The molecule has 0 aliphatic heterocycles. The lowest BCUT2D eigenvalue weighted by Gasteiger charge is -2.36. The van der Waals surface area contributed by atoms with Crippen molar-refractivity contribution in [2.45, 2.75) is 52.9 Å². The van der Waals surface area contributed by atoms with Crippen molar-refractivity contribution in [3.05, 3.63) is 58.7 Å². The van der Waals surface area contributed by atoms with E-state index in [9.17, 15) is 4.79 Å². The molecule has 4 nitrogen and oxygen atoms in total. The van der Waals surface area contributed by atoms with Gasteiger partial charge in [0.1, 0.15) is 0 Å². The van der Waals surface area contributed by atoms with E-state index >= 15 is 0 Å². The second-order valence-corrected chi connectivity index (χ2v) is 9.51. The van der Waals surface area contributed by atoms with Crippen LogP contribution in [0.1, 0.15) is 50.6 Å². The Labute approximate surface area is 176 Å². The monoisotopic (exact) mass is 408 g/mol. The van der Waals surface area contributed by atoms with Gasteiger partial charge in [-0.25, -0.2) is 4.98 Å². The number of carboxylic acid groups (broad SMARTS) is 1. The van der Waals surface area contributed by atoms with Crippen molar-refractivity contribution < 1.29 is 9.90 Å². The molecule has 152 valence electrons. The molecule has 0 saturated heterocycles. The van der Waals surface area contributed by atoms with Gasteiger partial charge >= 0.3 is 5.97 Å². The molecule has 4 rings (SSSR count). The molecule has 1 N–H and O–H groups in total. The van der Waals surface area contributed by atoms with Gasteiger partial charge in [-0.3, -0.25) is 9.36 Å². The summed E-state index contributed by atoms with van der Waals surface area (Å²) < 4.78 is 2.27. The average molecular weight is 409 g/mol. The van der Waals surface area contributed by atoms with Crippen LogP contribution in [0.2, 0.25) is 0 Å². The molecule has 0 saturated carbocycles. The number of carbonyl (C=O) groups is 1. The van der Waals surface area contributed by atoms with E-state index in [0.29, 0.717) is 17.0 Å². The van der Waals surface area contributed by atoms with Crippen molar-refractivity contribution in [3.63, 3.8) is 0 Å². The molecule has 1 atom stereocenters. The molecule has 1 unspecified atom stereocenters. The third-order valence-electron chi connectivity index (χ3n) is 6.54. The smallest absolute Gasteiger partial charge is 0.309 e. The molecule has 0 amide bonds. The van der Waals surface area contributed by atoms with E-state index in [2.05, 4.69) is 60.7 Å². The molecule has 0 radical (unpaired) electrons. The zero-order chi connectivity index (χ0) is 20.6. The first-order valence-corrected chi connectivity index (χ1v) is 11.2. The highest BCUT2D eigenvalue weighted by Crippen LogP contribution is 2.43. The normalized spacial score (nSPS) is 16.6. The van der Waals surface area contributed by atoms with Gasteiger partial charge in [0.2, 0.25) is 0 Å². The fourth-order valence-corrected chi connectivity index (χ4v) is 5.22. The Morgan fingerprint density at radius 2 is 2.07 bits per heavy atom. The molecule has 1 aromatic carbocycles. The molecular formula is C24H28N2O2S. The zero-order valence-electron chi connectivity index (χ0n) is 17.3. The quantitative estimate of drug-likeness (QED) is 0.563. The first-order valence-electron chi connectivity index (χ1n) is 10.3. The van der Waals surface area contributed by atoms with Gasteiger partial charge < -0.3 is 5.11 Å². The summed E-state index contributed by atoms with van der Waals surface area (Å²) in [5.41, 5.74) is 6.03. The number of nitrogens with zero attached hydrogens (tertiary/aromatic N) is 2. The Balaban J connectivity index is 1.80. The van der Waals surface area contributed by atoms with E-state index in [1.807, 2.05) is 11.4 Å². The molecule has 0 fully saturated rings. The van der Waals surface area contributed by atoms with E-state index in [0.717, 1.165) is 23.7 Å². The molecule has 5 heteroatoms. The van der Waals surface area contributed by atoms with Gasteiger partial charge in [-0.1, -0.05) is 57.5 Å². The van der Waals surface area contributed by atoms with Gasteiger partial charge in [0.05, 0.1) is 17.8 Å². The van der Waals surface area contributed by atoms with Crippen molar-refractivity contribution in [2.75, 3.05) is 0 Å². The van der Waals surface area contributed by atoms with Crippen LogP contribution in [0.15, 0.2) is 41.8 Å². The summed E-state index contributed by atoms with van der Waals surface area (Å²) in [6.07, 6.45) is 4.46. The minimum Gasteiger partial charge on any atom is -0.481 e. The summed E-state index contributed by atoms with van der Waals surface area (Å²) in [5, 5.41) is 11.9. The van der Waals surface area contributed by atoms with E-state index in [1.54, 1.807) is 0 Å². The summed E-state index contributed by atoms with van der Waals surface area (Å²) in [6.45, 7) is 7.06. The van der Waals surface area contributed by atoms with Gasteiger partial charge in [0.25, 0.3) is 0 Å². The first kappa shape index (κ1) is 19.9. The molecule has 0 bridgehead atoms. The third kappa shape index (κ3) is 3.88. The minimum atomic E-state index is -0.843. The van der Waals surface area contributed by atoms with Crippen LogP contribution in [-0.2, 0) is 24.1 Å². The maximum Gasteiger partial charge on any atom is 0.309 e. The lowest BCUT2D eigenvalue weighted by Crippen LogP contribution is -2.29. The van der Waals surface area contributed by atoms with E-state index in [1.165, 1.54) is 41.0 Å². The third-order valence-corrected chi connectivity index (χ3v) is 7.41. The summed E-state index contributed by atoms with van der Waals surface area (Å²) in [7, 11) is 0. The predicted molar refractivity (Wildman–Crippen MR) is 118 cm³/mol. The molecular weight excluding hydrogens is 380 g/mol. The van der Waals surface area contributed by atoms with E-state index in [-0.39, 0.29) is 6.42 Å². The largest absolute Gasteiger partial charge is 0.481 e. The number of carboxylic acids is 1. The maximum absolute atomic E-state index is 11.1. The van der Waals surface area contributed by atoms with Crippen LogP contribution in [0.25, 0.3) is 16.4 Å². The highest BCUT2D eigenvalue weighted by molar-refractivity contribution is 7.12. The van der Waals surface area contributed by atoms with E-state index < -0.39 is 5.97 Å². The minimum absolute atomic E-state index is 0.0343. The van der Waals surface area contributed by atoms with Crippen molar-refractivity contribution in [1.29, 1.82) is 0 Å². The average Bonchev–Trinajstić information content (AvgIpc) is 3.31. The Kier molecular flexibility index (Phi) is 5.34. The first-order chi connectivity index (χ1) is 13.9. The molecule has 2 aromatic heterocycles. The number of benzene rings is 1. The molecule has 3 aromatic rings. The topological polar surface area (TPSA) is 55.1 Å². The number of aromatic nitrogens is 2. The Morgan fingerprint density at radius 3 is 2.76 bits per heavy atom. The van der Waals surface area contributed by atoms with Crippen LogP contribution in [0, 0.1) is 11.3 Å². The van der Waals surface area contributed by atoms with Gasteiger partial charge in [-0.2, -0.15) is 0 Å². The van der Waals surface area contributed by atoms with Crippen LogP contribution in [0.5, 0.6) is 0 Å². The number of hydrogen-bond acceptors (Lipinski definition) is 3. The van der Waals surface area contributed by atoms with Gasteiger partial charge in [0.15, 0.2) is 5.13 Å². The SMILES string of the molecule is CCC(C)(C)C1CCc2c(cc(-c3ccccc3)n2-c2nc(CC(=O)O)cs2)C1. The van der Waals surface area contributed by atoms with Gasteiger partial charge in [-0.05, 0) is 47.8 Å². The van der Waals surface area contributed by atoms with Crippen molar-refractivity contribution in [2.24, 2.45) is 11.3 Å². The predicted octanol–water partition coefficient (Wildman–Crippen LogP) is 5.77. The fourth-order valence-electron chi connectivity index (χ4n) is 4.36. The molecule has 1 aliphatic carbocycles. The van der Waals surface area contributed by atoms with Crippen molar-refractivity contribution in [3.8, 4) is 16.4 Å². The lowest BCUT2D eigenvalue weighted by molar-refractivity contribution is -0.136. The van der Waals surface area contributed by atoms with Crippen LogP contribution >= 0.6 is 11.3 Å². The van der Waals surface area contributed by atoms with Crippen LogP contribution in [-0.4, -0.2) is 20.6 Å². The number of hydrogen-bond donors (Lipinski definition) is 1. The lowest BCUT2D eigenvalue weighted by atomic mass is 9.69. The van der Waals surface area contributed by atoms with Crippen LogP contribution in [0.3, 0.4) is 0 Å². The summed E-state index contributed by atoms with van der Waals surface area (Å²) >= 11 is 1.53. The second kappa shape index (κ2) is 7.79. The van der Waals surface area contributed by atoms with Crippen LogP contribution in [0.4, 0.5) is 0 Å².